The van der Waals surface area contributed by atoms with E-state index >= 15 is 0 Å². The molecule has 0 amide bonds. The Bertz CT molecular complexity index is 1240. The third-order valence-corrected chi connectivity index (χ3v) is 5.99. The smallest absolute Gasteiger partial charge is 0.338 e. The summed E-state index contributed by atoms with van der Waals surface area (Å²) in [4.78, 5) is 24.4. The van der Waals surface area contributed by atoms with E-state index in [1.165, 1.54) is 38.3 Å². The van der Waals surface area contributed by atoms with Crippen LogP contribution in [0.4, 0.5) is 0 Å². The van der Waals surface area contributed by atoms with E-state index in [4.69, 9.17) is 18.3 Å². The third-order valence-electron chi connectivity index (χ3n) is 5.99. The van der Waals surface area contributed by atoms with Crippen LogP contribution in [0.25, 0.3) is 21.9 Å². The van der Waals surface area contributed by atoms with E-state index in [0.717, 1.165) is 0 Å². The van der Waals surface area contributed by atoms with Crippen LogP contribution in [0.5, 0.6) is 5.75 Å². The van der Waals surface area contributed by atoms with Crippen molar-refractivity contribution in [3.8, 4) is 5.75 Å². The number of rotatable bonds is 6. The Morgan fingerprint density at radius 2 is 1.79 bits per heavy atom. The molecule has 2 heterocycles. The maximum atomic E-state index is 12.8. The third kappa shape index (κ3) is 4.52. The largest absolute Gasteiger partial charge is 0.488 e. The van der Waals surface area contributed by atoms with Gasteiger partial charge in [0.2, 0.25) is 0 Å². The lowest BCUT2D eigenvalue weighted by Gasteiger charge is -2.40. The molecule has 3 aromatic rings. The van der Waals surface area contributed by atoms with Gasteiger partial charge in [0.1, 0.15) is 29.6 Å². The summed E-state index contributed by atoms with van der Waals surface area (Å²) < 4.78 is 21.9. The van der Waals surface area contributed by atoms with Gasteiger partial charge in [-0.3, -0.25) is 0 Å². The average molecular weight is 478 g/mol. The summed E-state index contributed by atoms with van der Waals surface area (Å²) in [7, 11) is 0. The molecule has 1 fully saturated rings. The van der Waals surface area contributed by atoms with Crippen molar-refractivity contribution in [2.45, 2.75) is 62.3 Å². The molecule has 11 nitrogen and oxygen atoms in total. The van der Waals surface area contributed by atoms with Crippen LogP contribution in [0.1, 0.15) is 26.7 Å². The molecule has 0 aliphatic heterocycles. The Morgan fingerprint density at radius 3 is 2.44 bits per heavy atom. The molecule has 0 radical (unpaired) electrons. The predicted molar refractivity (Wildman–Crippen MR) is 116 cm³/mol. The Kier molecular flexibility index (Phi) is 6.17. The molecule has 1 saturated carbocycles. The normalized spacial score (nSPS) is 26.5. The molecule has 3 atom stereocenters. The van der Waals surface area contributed by atoms with Crippen LogP contribution in [-0.2, 0) is 9.53 Å². The SMILES string of the molecule is CC(C)(O)[C@H](COc1c2ccoc2cc2oc(=O)ccc12)OC(=O)C1(O)C[C@@H](O)C(O)[C@H](O)C1. The van der Waals surface area contributed by atoms with Gasteiger partial charge in [-0.15, -0.1) is 0 Å². The predicted octanol–water partition coefficient (Wildman–Crippen LogP) is 0.208. The van der Waals surface area contributed by atoms with Crippen LogP contribution in [0.15, 0.2) is 44.2 Å². The number of ether oxygens (including phenoxy) is 2. The number of benzene rings is 1. The summed E-state index contributed by atoms with van der Waals surface area (Å²) >= 11 is 0. The number of aliphatic hydroxyl groups is 5. The van der Waals surface area contributed by atoms with Crippen molar-refractivity contribution < 1.29 is 48.6 Å². The van der Waals surface area contributed by atoms with Gasteiger partial charge in [0.25, 0.3) is 0 Å². The number of hydrogen-bond donors (Lipinski definition) is 5. The van der Waals surface area contributed by atoms with Gasteiger partial charge in [-0.1, -0.05) is 0 Å². The maximum Gasteiger partial charge on any atom is 0.338 e. The molecule has 0 unspecified atom stereocenters. The molecule has 0 bridgehead atoms. The number of furan rings is 1. The molecule has 0 spiro atoms. The quantitative estimate of drug-likeness (QED) is 0.241. The van der Waals surface area contributed by atoms with Gasteiger partial charge < -0.3 is 43.8 Å². The van der Waals surface area contributed by atoms with Crippen molar-refractivity contribution in [1.29, 1.82) is 0 Å². The van der Waals surface area contributed by atoms with E-state index in [1.54, 1.807) is 6.07 Å². The molecule has 4 rings (SSSR count). The minimum Gasteiger partial charge on any atom is -0.488 e. The van der Waals surface area contributed by atoms with E-state index in [-0.39, 0.29) is 17.9 Å². The second kappa shape index (κ2) is 8.67. The highest BCUT2D eigenvalue weighted by Gasteiger charge is 2.50. The first-order valence-electron chi connectivity index (χ1n) is 10.7. The Hall–Kier alpha value is -2.96. The zero-order valence-corrected chi connectivity index (χ0v) is 18.5. The number of hydrogen-bond acceptors (Lipinski definition) is 11. The highest BCUT2D eigenvalue weighted by molar-refractivity contribution is 6.01. The lowest BCUT2D eigenvalue weighted by molar-refractivity contribution is -0.206. The van der Waals surface area contributed by atoms with Crippen LogP contribution in [-0.4, -0.2) is 73.7 Å². The van der Waals surface area contributed by atoms with E-state index in [0.29, 0.717) is 16.4 Å². The number of esters is 1. The van der Waals surface area contributed by atoms with Crippen molar-refractivity contribution in [2.24, 2.45) is 0 Å². The van der Waals surface area contributed by atoms with Crippen molar-refractivity contribution in [1.82, 2.24) is 0 Å². The topological polar surface area (TPSA) is 180 Å². The lowest BCUT2D eigenvalue weighted by atomic mass is 9.79. The van der Waals surface area contributed by atoms with E-state index in [9.17, 15) is 35.1 Å². The second-order valence-electron chi connectivity index (χ2n) is 9.13. The zero-order chi connectivity index (χ0) is 24.8. The first kappa shape index (κ1) is 24.2. The van der Waals surface area contributed by atoms with E-state index < -0.39 is 60.1 Å². The first-order valence-corrected chi connectivity index (χ1v) is 10.7. The average Bonchev–Trinajstić information content (AvgIpc) is 3.21. The second-order valence-corrected chi connectivity index (χ2v) is 9.13. The van der Waals surface area contributed by atoms with Gasteiger partial charge in [-0.25, -0.2) is 9.59 Å². The van der Waals surface area contributed by atoms with Gasteiger partial charge in [-0.05, 0) is 26.0 Å². The fourth-order valence-electron chi connectivity index (χ4n) is 3.99. The summed E-state index contributed by atoms with van der Waals surface area (Å²) in [6.45, 7) is 2.39. The Labute approximate surface area is 192 Å². The maximum absolute atomic E-state index is 12.8. The Morgan fingerprint density at radius 1 is 1.15 bits per heavy atom. The van der Waals surface area contributed by atoms with Gasteiger partial charge in [0.15, 0.2) is 11.7 Å². The van der Waals surface area contributed by atoms with E-state index in [2.05, 4.69) is 0 Å². The number of fused-ring (bicyclic) bond motifs is 2. The molecule has 184 valence electrons. The summed E-state index contributed by atoms with van der Waals surface area (Å²) in [5, 5.41) is 51.8. The molecular weight excluding hydrogens is 452 g/mol. The molecule has 5 N–H and O–H groups in total. The van der Waals surface area contributed by atoms with Crippen molar-refractivity contribution in [3.63, 3.8) is 0 Å². The lowest BCUT2D eigenvalue weighted by Crippen LogP contribution is -2.58. The Balaban J connectivity index is 1.60. The van der Waals surface area contributed by atoms with Crippen molar-refractivity contribution in [2.75, 3.05) is 6.61 Å². The van der Waals surface area contributed by atoms with Crippen LogP contribution < -0.4 is 10.4 Å². The van der Waals surface area contributed by atoms with Gasteiger partial charge in [0.05, 0.1) is 34.8 Å². The summed E-state index contributed by atoms with van der Waals surface area (Å²) in [5.41, 5.74) is -3.87. The van der Waals surface area contributed by atoms with Crippen LogP contribution in [0.3, 0.4) is 0 Å². The summed E-state index contributed by atoms with van der Waals surface area (Å²) in [6, 6.07) is 5.90. The molecule has 0 saturated heterocycles. The number of aliphatic hydroxyl groups excluding tert-OH is 3. The zero-order valence-electron chi connectivity index (χ0n) is 18.5. The molecule has 11 heteroatoms. The molecule has 1 aliphatic rings. The molecule has 2 aromatic heterocycles. The van der Waals surface area contributed by atoms with Gasteiger partial charge in [-0.2, -0.15) is 0 Å². The molecule has 1 aromatic carbocycles. The summed E-state index contributed by atoms with van der Waals surface area (Å²) in [5.74, 6) is -0.925. The number of carbonyl (C=O) groups is 1. The minimum absolute atomic E-state index is 0.208. The molecular formula is C23H26O11. The number of carbonyl (C=O) groups excluding carboxylic acids is 1. The summed E-state index contributed by atoms with van der Waals surface area (Å²) in [6.07, 6.45) is -5.58. The molecule has 1 aliphatic carbocycles. The van der Waals surface area contributed by atoms with Gasteiger partial charge >= 0.3 is 11.6 Å². The fraction of sp³-hybridized carbons (Fsp3) is 0.478. The standard InChI is InChI=1S/C23H26O11/c1-22(2,29)17(34-21(28)23(30)8-13(24)19(27)14(25)9-23)10-32-20-11-3-4-18(26)33-16(11)7-15-12(20)5-6-31-15/h3-7,13-14,17,19,24-25,27,29-30H,8-10H2,1-2H3/t13-,14-,17+,19?,23?/m1/s1. The first-order chi connectivity index (χ1) is 15.9. The monoisotopic (exact) mass is 478 g/mol. The van der Waals surface area contributed by atoms with Crippen molar-refractivity contribution >= 4 is 27.9 Å². The fourth-order valence-corrected chi connectivity index (χ4v) is 3.99. The van der Waals surface area contributed by atoms with Crippen LogP contribution in [0, 0.1) is 0 Å². The van der Waals surface area contributed by atoms with E-state index in [1.807, 2.05) is 0 Å². The highest BCUT2D eigenvalue weighted by atomic mass is 16.6. The molecule has 34 heavy (non-hydrogen) atoms. The van der Waals surface area contributed by atoms with Gasteiger partial charge in [0, 0.05) is 25.0 Å². The minimum atomic E-state index is -2.28. The highest BCUT2D eigenvalue weighted by Crippen LogP contribution is 2.36. The van der Waals surface area contributed by atoms with Crippen LogP contribution >= 0.6 is 0 Å². The van der Waals surface area contributed by atoms with Crippen molar-refractivity contribution in [3.05, 3.63) is 40.9 Å². The van der Waals surface area contributed by atoms with Crippen LogP contribution in [0.2, 0.25) is 0 Å².